The van der Waals surface area contributed by atoms with Crippen LogP contribution in [0.15, 0.2) is 0 Å². The van der Waals surface area contributed by atoms with E-state index < -0.39 is 28.3 Å². The molecule has 18 heteroatoms. The average Bonchev–Trinajstić information content (AvgIpc) is 4.02. The summed E-state index contributed by atoms with van der Waals surface area (Å²) in [4.78, 5) is 44.7. The normalized spacial score (nSPS) is 29.3. The Morgan fingerprint density at radius 1 is 0.655 bits per heavy atom. The minimum absolute atomic E-state index is 0.00728. The fourth-order valence-corrected chi connectivity index (χ4v) is 6.71. The number of urea groups is 2. The second-order valence-corrected chi connectivity index (χ2v) is 17.2. The van der Waals surface area contributed by atoms with Crippen LogP contribution >= 0.6 is 0 Å². The Balaban J connectivity index is 1.21. The first-order valence-electron chi connectivity index (χ1n) is 21.2. The molecule has 0 aromatic carbocycles. The maximum atomic E-state index is 14.8. The SMILES string of the molecule is CCC(CNC(=O)N(CC(CC)(COCC1CO1)COCC1CO1)C(=O)N(C=O)CC(CC)(COCC1CO1)COCC1CO1)(COCC1CO1)CO[C@@H]1CC1CO. The Kier molecular flexibility index (Phi) is 17.0. The van der Waals surface area contributed by atoms with Gasteiger partial charge in [0.15, 0.2) is 0 Å². The summed E-state index contributed by atoms with van der Waals surface area (Å²) < 4.78 is 63.5. The van der Waals surface area contributed by atoms with Crippen molar-refractivity contribution in [1.29, 1.82) is 0 Å². The summed E-state index contributed by atoms with van der Waals surface area (Å²) in [7, 11) is 0. The predicted octanol–water partition coefficient (Wildman–Crippen LogP) is 1.24. The van der Waals surface area contributed by atoms with Crippen LogP contribution in [-0.4, -0.2) is 202 Å². The van der Waals surface area contributed by atoms with E-state index in [9.17, 15) is 19.5 Å². The van der Waals surface area contributed by atoms with Crippen LogP contribution in [0.2, 0.25) is 0 Å². The molecule has 7 unspecified atom stereocenters. The van der Waals surface area contributed by atoms with Gasteiger partial charge in [-0.15, -0.1) is 0 Å². The van der Waals surface area contributed by atoms with Gasteiger partial charge in [0.25, 0.3) is 0 Å². The van der Waals surface area contributed by atoms with E-state index >= 15 is 0 Å². The van der Waals surface area contributed by atoms with Crippen molar-refractivity contribution >= 4 is 18.5 Å². The number of carbonyl (C=O) groups excluding carboxylic acids is 3. The zero-order valence-electron chi connectivity index (χ0n) is 34.6. The quantitative estimate of drug-likeness (QED) is 0.0691. The maximum absolute atomic E-state index is 14.8. The van der Waals surface area contributed by atoms with Gasteiger partial charge < -0.3 is 62.5 Å². The summed E-state index contributed by atoms with van der Waals surface area (Å²) in [5.74, 6) is 0.0899. The zero-order chi connectivity index (χ0) is 41.0. The highest BCUT2D eigenvalue weighted by molar-refractivity contribution is 5.97. The van der Waals surface area contributed by atoms with Gasteiger partial charge in [-0.1, -0.05) is 20.8 Å². The molecule has 5 heterocycles. The Bertz CT molecular complexity index is 1260. The number of ether oxygens (including phenoxy) is 11. The highest BCUT2D eigenvalue weighted by Gasteiger charge is 2.44. The number of hydrogen-bond acceptors (Lipinski definition) is 15. The molecule has 8 atom stereocenters. The molecular weight excluding hydrogens is 762 g/mol. The fraction of sp³-hybridized carbons (Fsp3) is 0.925. The molecule has 0 bridgehead atoms. The Labute approximate surface area is 342 Å². The lowest BCUT2D eigenvalue weighted by Crippen LogP contribution is -2.58. The minimum atomic E-state index is -0.836. The summed E-state index contributed by atoms with van der Waals surface area (Å²) in [5, 5.41) is 12.7. The number of hydrogen-bond donors (Lipinski definition) is 2. The molecule has 0 aromatic rings. The topological polar surface area (TPSA) is 208 Å². The molecule has 2 N–H and O–H groups in total. The third kappa shape index (κ3) is 14.8. The van der Waals surface area contributed by atoms with Gasteiger partial charge in [0.1, 0.15) is 30.5 Å². The van der Waals surface area contributed by atoms with Crippen molar-refractivity contribution in [3.8, 4) is 0 Å². The van der Waals surface area contributed by atoms with Gasteiger partial charge in [0.05, 0.1) is 112 Å². The van der Waals surface area contributed by atoms with Crippen molar-refractivity contribution < 1.29 is 71.6 Å². The molecule has 1 aliphatic carbocycles. The second-order valence-electron chi connectivity index (χ2n) is 17.2. The first kappa shape index (κ1) is 45.5. The molecule has 18 nitrogen and oxygen atoms in total. The van der Waals surface area contributed by atoms with E-state index in [0.717, 1.165) is 16.2 Å². The number of nitrogens with zero attached hydrogens (tertiary/aromatic N) is 2. The molecule has 5 amide bonds. The van der Waals surface area contributed by atoms with Crippen LogP contribution < -0.4 is 5.32 Å². The molecule has 5 aliphatic heterocycles. The molecule has 332 valence electrons. The van der Waals surface area contributed by atoms with Gasteiger partial charge >= 0.3 is 12.1 Å². The van der Waals surface area contributed by atoms with E-state index in [2.05, 4.69) is 5.32 Å². The van der Waals surface area contributed by atoms with Crippen LogP contribution in [-0.2, 0) is 56.9 Å². The van der Waals surface area contributed by atoms with E-state index in [1.165, 1.54) is 0 Å². The summed E-state index contributed by atoms with van der Waals surface area (Å²) in [6, 6.07) is -1.47. The highest BCUT2D eigenvalue weighted by Crippen LogP contribution is 2.36. The molecule has 5 saturated heterocycles. The molecule has 6 fully saturated rings. The lowest BCUT2D eigenvalue weighted by molar-refractivity contribution is -0.119. The standard InChI is InChI=1S/C40H67N3O15/c1-4-38(22-48-9-30-14-53-30,27-58-35-7-29(35)8-44)19-41-36(46)43(21-40(6-3,25-51-12-33-17-56-33)26-52-13-34-18-57-34)37(47)42(28-45)20-39(5-2,23-49-10-31-15-54-31)24-50-11-32-16-55-32/h28-35,44H,4-27H2,1-3H3,(H,41,46)/t29?,30?,31?,32?,33?,34?,35-,38?,39?,40?/m1/s1. The number of amides is 5. The summed E-state index contributed by atoms with van der Waals surface area (Å²) in [6.45, 7) is 12.3. The van der Waals surface area contributed by atoms with E-state index in [1.54, 1.807) is 0 Å². The fourth-order valence-electron chi connectivity index (χ4n) is 6.71. The Hall–Kier alpha value is -2.07. The smallest absolute Gasteiger partial charge is 0.334 e. The van der Waals surface area contributed by atoms with Crippen LogP contribution in [0.4, 0.5) is 9.59 Å². The van der Waals surface area contributed by atoms with Crippen molar-refractivity contribution in [3.05, 3.63) is 0 Å². The number of carbonyl (C=O) groups is 3. The van der Waals surface area contributed by atoms with Crippen LogP contribution in [0.5, 0.6) is 0 Å². The van der Waals surface area contributed by atoms with E-state index in [0.29, 0.717) is 91.7 Å². The lowest BCUT2D eigenvalue weighted by Gasteiger charge is -2.40. The van der Waals surface area contributed by atoms with E-state index in [-0.39, 0.29) is 108 Å². The van der Waals surface area contributed by atoms with Gasteiger partial charge in [-0.3, -0.25) is 9.69 Å². The number of nitrogens with one attached hydrogen (secondary N) is 1. The first-order valence-corrected chi connectivity index (χ1v) is 21.2. The van der Waals surface area contributed by atoms with Crippen molar-refractivity contribution in [2.75, 3.05) is 132 Å². The number of imide groups is 2. The molecule has 6 rings (SSSR count). The molecule has 6 aliphatic rings. The third-order valence-corrected chi connectivity index (χ3v) is 12.0. The van der Waals surface area contributed by atoms with Crippen LogP contribution in [0.25, 0.3) is 0 Å². The average molecular weight is 830 g/mol. The van der Waals surface area contributed by atoms with Gasteiger partial charge in [0.2, 0.25) is 6.41 Å². The lowest BCUT2D eigenvalue weighted by atomic mass is 9.85. The molecule has 0 radical (unpaired) electrons. The first-order chi connectivity index (χ1) is 28.2. The summed E-state index contributed by atoms with van der Waals surface area (Å²) in [6.07, 6.45) is 2.89. The van der Waals surface area contributed by atoms with Gasteiger partial charge in [-0.2, -0.15) is 0 Å². The van der Waals surface area contributed by atoms with E-state index in [4.69, 9.17) is 52.1 Å². The Morgan fingerprint density at radius 3 is 1.40 bits per heavy atom. The predicted molar refractivity (Wildman–Crippen MR) is 204 cm³/mol. The molecule has 0 spiro atoms. The minimum Gasteiger partial charge on any atom is -0.396 e. The monoisotopic (exact) mass is 829 g/mol. The number of aliphatic hydroxyl groups is 1. The van der Waals surface area contributed by atoms with Crippen molar-refractivity contribution in [3.63, 3.8) is 0 Å². The number of rotatable bonds is 34. The highest BCUT2D eigenvalue weighted by atomic mass is 16.6. The third-order valence-electron chi connectivity index (χ3n) is 12.0. The van der Waals surface area contributed by atoms with Crippen LogP contribution in [0.1, 0.15) is 46.5 Å². The largest absolute Gasteiger partial charge is 0.396 e. The van der Waals surface area contributed by atoms with Crippen LogP contribution in [0, 0.1) is 22.2 Å². The van der Waals surface area contributed by atoms with E-state index in [1.807, 2.05) is 20.8 Å². The van der Waals surface area contributed by atoms with Gasteiger partial charge in [-0.05, 0) is 25.7 Å². The molecule has 58 heavy (non-hydrogen) atoms. The number of aliphatic hydroxyl groups excluding tert-OH is 1. The number of epoxide rings is 5. The summed E-state index contributed by atoms with van der Waals surface area (Å²) in [5.41, 5.74) is -2.27. The molecule has 1 saturated carbocycles. The summed E-state index contributed by atoms with van der Waals surface area (Å²) >= 11 is 0. The van der Waals surface area contributed by atoms with Crippen LogP contribution in [0.3, 0.4) is 0 Å². The Morgan fingerprint density at radius 2 is 1.05 bits per heavy atom. The van der Waals surface area contributed by atoms with Crippen molar-refractivity contribution in [2.24, 2.45) is 22.2 Å². The molecule has 0 aromatic heterocycles. The van der Waals surface area contributed by atoms with Gasteiger partial charge in [-0.25, -0.2) is 14.5 Å². The molecular formula is C40H67N3O15. The second kappa shape index (κ2) is 21.6. The zero-order valence-corrected chi connectivity index (χ0v) is 34.6. The maximum Gasteiger partial charge on any atom is 0.334 e. The van der Waals surface area contributed by atoms with Gasteiger partial charge in [0, 0.05) is 48.4 Å². The van der Waals surface area contributed by atoms with Crippen molar-refractivity contribution in [2.45, 2.75) is 83.1 Å². The van der Waals surface area contributed by atoms with Crippen molar-refractivity contribution in [1.82, 2.24) is 15.1 Å².